The molecular formula is C46H64N10O8Si. The lowest BCUT2D eigenvalue weighted by atomic mass is 10.0. The highest BCUT2D eigenvalue weighted by atomic mass is 28.4. The molecule has 0 fully saturated rings. The van der Waals surface area contributed by atoms with Crippen molar-refractivity contribution >= 4 is 20.1 Å². The van der Waals surface area contributed by atoms with Crippen molar-refractivity contribution in [2.24, 2.45) is 0 Å². The number of nitrogens with zero attached hydrogens (tertiary/aromatic N) is 10. The Kier molecular flexibility index (Phi) is 16.2. The lowest BCUT2D eigenvalue weighted by Gasteiger charge is -2.36. The predicted octanol–water partition coefficient (Wildman–Crippen LogP) is 5.97. The number of rotatable bonds is 18. The molecule has 350 valence electrons. The quantitative estimate of drug-likeness (QED) is 0.0846. The van der Waals surface area contributed by atoms with Crippen molar-refractivity contribution in [1.29, 1.82) is 0 Å². The van der Waals surface area contributed by atoms with Crippen LogP contribution in [0.5, 0.6) is 0 Å². The summed E-state index contributed by atoms with van der Waals surface area (Å²) in [6.07, 6.45) is 7.00. The van der Waals surface area contributed by atoms with Gasteiger partial charge in [-0.05, 0) is 83.9 Å². The Morgan fingerprint density at radius 2 is 1.03 bits per heavy atom. The molecule has 18 nitrogen and oxygen atoms in total. The summed E-state index contributed by atoms with van der Waals surface area (Å²) in [4.78, 5) is 41.9. The summed E-state index contributed by atoms with van der Waals surface area (Å²) in [6.45, 7) is 22.7. The number of amides is 2. The highest BCUT2D eigenvalue weighted by molar-refractivity contribution is 6.74. The molecule has 3 N–H and O–H groups in total. The predicted molar refractivity (Wildman–Crippen MR) is 245 cm³/mol. The first-order valence-electron chi connectivity index (χ1n) is 21.6. The van der Waals surface area contributed by atoms with Gasteiger partial charge in [-0.1, -0.05) is 45.0 Å². The number of hydrogen-bond acceptors (Lipinski definition) is 14. The molecule has 4 aromatic heterocycles. The molecule has 0 saturated carbocycles. The first-order valence-corrected chi connectivity index (χ1v) is 24.6. The SMILES string of the molecule is Cc1oc(CCN(CCO)C(=O)c2ccccc2-n2nccn2)nc1C(C)(C)O.Cc1oc(CCN(CCO[Si](C)(C)C(C)(C)C)C(=O)c2ccccc2-n2nccn2)nc1C(C)(C)O. The number of aliphatic hydroxyl groups excluding tert-OH is 1. The second-order valence-electron chi connectivity index (χ2n) is 18.2. The van der Waals surface area contributed by atoms with Gasteiger partial charge in [0.15, 0.2) is 20.1 Å². The van der Waals surface area contributed by atoms with E-state index < -0.39 is 19.5 Å². The third kappa shape index (κ3) is 12.9. The van der Waals surface area contributed by atoms with Crippen LogP contribution in [0.2, 0.25) is 18.1 Å². The zero-order valence-corrected chi connectivity index (χ0v) is 40.4. The standard InChI is InChI=1S/C26H39N5O4Si.C20H25N5O4/c1-19-23(26(5,6)33)29-22(35-19)13-16-30(17-18-34-36(7,8)25(2,3)4)24(32)20-11-9-10-12-21(20)31-27-14-15-28-31;1-14-18(20(2,3)28)23-17(29-14)8-11-24(12-13-26)19(27)15-6-4-5-7-16(15)25-21-9-10-22-25/h9-12,14-15,33H,13,16-18H2,1-8H3;4-7,9-10,26,28H,8,11-13H2,1-3H3. The van der Waals surface area contributed by atoms with Crippen molar-refractivity contribution in [3.8, 4) is 11.4 Å². The molecule has 2 amide bonds. The number of carbonyl (C=O) groups is 2. The normalized spacial score (nSPS) is 12.2. The molecule has 0 bridgehead atoms. The van der Waals surface area contributed by atoms with Crippen LogP contribution < -0.4 is 0 Å². The maximum absolute atomic E-state index is 13.8. The number of hydrogen-bond donors (Lipinski definition) is 3. The van der Waals surface area contributed by atoms with E-state index in [1.165, 1.54) is 26.9 Å². The Labute approximate surface area is 381 Å². The minimum atomic E-state index is -1.97. The first-order chi connectivity index (χ1) is 30.5. The lowest BCUT2D eigenvalue weighted by molar-refractivity contribution is 0.0713. The maximum Gasteiger partial charge on any atom is 0.256 e. The number of oxazole rings is 2. The molecule has 0 aliphatic carbocycles. The second-order valence-corrected chi connectivity index (χ2v) is 23.0. The van der Waals surface area contributed by atoms with Gasteiger partial charge in [0.05, 0.1) is 60.5 Å². The zero-order chi connectivity index (χ0) is 47.7. The van der Waals surface area contributed by atoms with Crippen molar-refractivity contribution in [2.45, 2.75) is 104 Å². The molecular weight excluding hydrogens is 849 g/mol. The van der Waals surface area contributed by atoms with Crippen molar-refractivity contribution < 1.29 is 38.2 Å². The Bertz CT molecular complexity index is 2460. The molecule has 0 spiro atoms. The van der Waals surface area contributed by atoms with Crippen molar-refractivity contribution in [1.82, 2.24) is 49.8 Å². The molecule has 0 aliphatic rings. The minimum absolute atomic E-state index is 0.0727. The smallest absolute Gasteiger partial charge is 0.256 e. The maximum atomic E-state index is 13.8. The Balaban J connectivity index is 0.000000250. The van der Waals surface area contributed by atoms with Gasteiger partial charge in [0.2, 0.25) is 0 Å². The van der Waals surface area contributed by atoms with Crippen molar-refractivity contribution in [2.75, 3.05) is 39.4 Å². The number of aromatic nitrogens is 8. The number of aliphatic hydroxyl groups is 3. The fourth-order valence-electron chi connectivity index (χ4n) is 6.77. The summed E-state index contributed by atoms with van der Waals surface area (Å²) >= 11 is 0. The summed E-state index contributed by atoms with van der Waals surface area (Å²) < 4.78 is 17.8. The Hall–Kier alpha value is -5.86. The molecule has 0 saturated heterocycles. The molecule has 0 unspecified atom stereocenters. The molecule has 6 rings (SSSR count). The van der Waals surface area contributed by atoms with E-state index in [1.807, 2.05) is 18.2 Å². The second kappa shape index (κ2) is 21.0. The third-order valence-corrected chi connectivity index (χ3v) is 15.7. The zero-order valence-electron chi connectivity index (χ0n) is 39.4. The van der Waals surface area contributed by atoms with Gasteiger partial charge in [-0.15, -0.1) is 0 Å². The lowest BCUT2D eigenvalue weighted by Crippen LogP contribution is -2.44. The highest BCUT2D eigenvalue weighted by Crippen LogP contribution is 2.36. The summed E-state index contributed by atoms with van der Waals surface area (Å²) in [5.74, 6) is 1.63. The van der Waals surface area contributed by atoms with E-state index in [0.717, 1.165) is 0 Å². The minimum Gasteiger partial charge on any atom is -0.446 e. The Morgan fingerprint density at radius 3 is 1.38 bits per heavy atom. The number of aryl methyl sites for hydroxylation is 2. The highest BCUT2D eigenvalue weighted by Gasteiger charge is 2.37. The van der Waals surface area contributed by atoms with Crippen LogP contribution in [0, 0.1) is 13.8 Å². The van der Waals surface area contributed by atoms with Gasteiger partial charge in [-0.3, -0.25) is 9.59 Å². The molecule has 0 atom stereocenters. The monoisotopic (exact) mass is 912 g/mol. The van der Waals surface area contributed by atoms with E-state index >= 15 is 0 Å². The van der Waals surface area contributed by atoms with Crippen LogP contribution >= 0.6 is 0 Å². The van der Waals surface area contributed by atoms with Crippen LogP contribution in [0.4, 0.5) is 0 Å². The molecule has 4 heterocycles. The molecule has 0 radical (unpaired) electrons. The average Bonchev–Trinajstić information content (AvgIpc) is 4.08. The summed E-state index contributed by atoms with van der Waals surface area (Å²) in [5.41, 5.74) is 0.867. The van der Waals surface area contributed by atoms with Crippen molar-refractivity contribution in [3.05, 3.63) is 119 Å². The van der Waals surface area contributed by atoms with Crippen LogP contribution in [0.3, 0.4) is 0 Å². The third-order valence-electron chi connectivity index (χ3n) is 11.1. The van der Waals surface area contributed by atoms with Crippen LogP contribution in [-0.2, 0) is 28.5 Å². The van der Waals surface area contributed by atoms with Crippen LogP contribution in [0.25, 0.3) is 11.4 Å². The number of carbonyl (C=O) groups excluding carboxylic acids is 2. The summed E-state index contributed by atoms with van der Waals surface area (Å²) in [7, 11) is -1.97. The fraction of sp³-hybridized carbons (Fsp3) is 0.478. The van der Waals surface area contributed by atoms with Crippen molar-refractivity contribution in [3.63, 3.8) is 0 Å². The molecule has 65 heavy (non-hydrogen) atoms. The molecule has 6 aromatic rings. The average molecular weight is 913 g/mol. The number of benzene rings is 2. The summed E-state index contributed by atoms with van der Waals surface area (Å²) in [5, 5.41) is 46.7. The van der Waals surface area contributed by atoms with Crippen LogP contribution in [0.15, 0.2) is 82.2 Å². The Morgan fingerprint density at radius 1 is 0.646 bits per heavy atom. The van der Waals surface area contributed by atoms with E-state index in [4.69, 9.17) is 13.3 Å². The summed E-state index contributed by atoms with van der Waals surface area (Å²) in [6, 6.07) is 14.3. The first kappa shape index (κ1) is 50.1. The van der Waals surface area contributed by atoms with Gasteiger partial charge in [0.25, 0.3) is 11.8 Å². The van der Waals surface area contributed by atoms with Gasteiger partial charge < -0.3 is 38.4 Å². The van der Waals surface area contributed by atoms with Gasteiger partial charge in [-0.25, -0.2) is 9.97 Å². The van der Waals surface area contributed by atoms with E-state index in [0.29, 0.717) is 96.3 Å². The van der Waals surface area contributed by atoms with E-state index in [9.17, 15) is 24.9 Å². The van der Waals surface area contributed by atoms with Gasteiger partial charge in [0, 0.05) is 39.0 Å². The van der Waals surface area contributed by atoms with Crippen LogP contribution in [-0.4, -0.2) is 125 Å². The van der Waals surface area contributed by atoms with Gasteiger partial charge in [-0.2, -0.15) is 30.0 Å². The fourth-order valence-corrected chi connectivity index (χ4v) is 7.80. The largest absolute Gasteiger partial charge is 0.446 e. The number of para-hydroxylation sites is 2. The molecule has 19 heteroatoms. The van der Waals surface area contributed by atoms with E-state index in [-0.39, 0.29) is 30.0 Å². The van der Waals surface area contributed by atoms with E-state index in [1.54, 1.807) is 89.2 Å². The van der Waals surface area contributed by atoms with E-state index in [2.05, 4.69) is 64.2 Å². The van der Waals surface area contributed by atoms with Gasteiger partial charge >= 0.3 is 0 Å². The topological polar surface area (TPSA) is 224 Å². The molecule has 0 aliphatic heterocycles. The van der Waals surface area contributed by atoms with Crippen LogP contribution in [0.1, 0.15) is 104 Å². The van der Waals surface area contributed by atoms with Gasteiger partial charge in [0.1, 0.15) is 34.1 Å². The molecule has 2 aromatic carbocycles.